The van der Waals surface area contributed by atoms with Crippen LogP contribution in [0.3, 0.4) is 0 Å². The van der Waals surface area contributed by atoms with E-state index in [2.05, 4.69) is 19.9 Å². The molecule has 6 nitrogen and oxygen atoms in total. The van der Waals surface area contributed by atoms with Crippen LogP contribution in [0.25, 0.3) is 0 Å². The molecule has 0 fully saturated rings. The molecule has 2 N–H and O–H groups in total. The molecule has 3 heterocycles. The summed E-state index contributed by atoms with van der Waals surface area (Å²) in [5.74, 6) is 1.90. The highest BCUT2D eigenvalue weighted by molar-refractivity contribution is 6.30. The molecule has 0 spiro atoms. The minimum absolute atomic E-state index is 0.201. The van der Waals surface area contributed by atoms with Crippen molar-refractivity contribution in [2.24, 2.45) is 0 Å². The normalized spacial score (nSPS) is 13.8. The van der Waals surface area contributed by atoms with E-state index < -0.39 is 0 Å². The summed E-state index contributed by atoms with van der Waals surface area (Å²) in [4.78, 5) is 15.2. The Labute approximate surface area is 140 Å². The number of nitrogens with zero attached hydrogens (tertiary/aromatic N) is 4. The van der Waals surface area contributed by atoms with Gasteiger partial charge in [0.25, 0.3) is 0 Å². The number of aromatic nitrogens is 3. The summed E-state index contributed by atoms with van der Waals surface area (Å²) in [7, 11) is 1.68. The van der Waals surface area contributed by atoms with Gasteiger partial charge in [-0.1, -0.05) is 11.6 Å². The van der Waals surface area contributed by atoms with Crippen molar-refractivity contribution in [2.45, 2.75) is 33.2 Å². The number of nitrogen functional groups attached to an aromatic ring is 1. The third-order valence-electron chi connectivity index (χ3n) is 4.20. The van der Waals surface area contributed by atoms with Gasteiger partial charge in [0.1, 0.15) is 16.7 Å². The van der Waals surface area contributed by atoms with Crippen molar-refractivity contribution in [3.8, 4) is 5.75 Å². The summed E-state index contributed by atoms with van der Waals surface area (Å²) >= 11 is 6.22. The monoisotopic (exact) mass is 333 g/mol. The van der Waals surface area contributed by atoms with Gasteiger partial charge < -0.3 is 15.4 Å². The first-order valence-electron chi connectivity index (χ1n) is 7.57. The van der Waals surface area contributed by atoms with Crippen molar-refractivity contribution in [2.75, 3.05) is 24.3 Å². The van der Waals surface area contributed by atoms with Gasteiger partial charge in [-0.15, -0.1) is 0 Å². The summed E-state index contributed by atoms with van der Waals surface area (Å²) in [6, 6.07) is 0. The van der Waals surface area contributed by atoms with Crippen molar-refractivity contribution in [3.05, 3.63) is 33.7 Å². The van der Waals surface area contributed by atoms with Gasteiger partial charge in [0.05, 0.1) is 19.3 Å². The van der Waals surface area contributed by atoms with Crippen LogP contribution < -0.4 is 15.4 Å². The van der Waals surface area contributed by atoms with E-state index in [0.29, 0.717) is 11.7 Å². The lowest BCUT2D eigenvalue weighted by Gasteiger charge is -2.30. The number of hydrogen-bond donors (Lipinski definition) is 1. The maximum absolute atomic E-state index is 6.22. The maximum atomic E-state index is 6.22. The lowest BCUT2D eigenvalue weighted by atomic mass is 10.1. The Morgan fingerprint density at radius 1 is 1.35 bits per heavy atom. The topological polar surface area (TPSA) is 77.2 Å². The molecule has 0 aromatic carbocycles. The molecule has 122 valence electrons. The van der Waals surface area contributed by atoms with Crippen LogP contribution in [0.2, 0.25) is 5.15 Å². The van der Waals surface area contributed by atoms with Crippen LogP contribution in [0, 0.1) is 13.8 Å². The Morgan fingerprint density at radius 2 is 2.13 bits per heavy atom. The number of fused-ring (bicyclic) bond motifs is 1. The van der Waals surface area contributed by atoms with E-state index in [1.54, 1.807) is 7.11 Å². The molecule has 7 heteroatoms. The minimum Gasteiger partial charge on any atom is -0.496 e. The van der Waals surface area contributed by atoms with Gasteiger partial charge in [-0.2, -0.15) is 4.98 Å². The third-order valence-corrected chi connectivity index (χ3v) is 4.51. The molecule has 0 amide bonds. The molecule has 0 aliphatic carbocycles. The van der Waals surface area contributed by atoms with Crippen LogP contribution >= 0.6 is 11.6 Å². The first-order valence-corrected chi connectivity index (χ1v) is 7.95. The number of halogens is 1. The number of pyridine rings is 1. The minimum atomic E-state index is 0.201. The highest BCUT2D eigenvalue weighted by Crippen LogP contribution is 2.32. The molecule has 0 bridgehead atoms. The molecule has 0 saturated heterocycles. The van der Waals surface area contributed by atoms with Gasteiger partial charge in [0.2, 0.25) is 5.95 Å². The van der Waals surface area contributed by atoms with Gasteiger partial charge in [0.15, 0.2) is 0 Å². The van der Waals surface area contributed by atoms with Crippen molar-refractivity contribution in [1.82, 2.24) is 15.0 Å². The zero-order chi connectivity index (χ0) is 16.6. The second-order valence-corrected chi connectivity index (χ2v) is 6.10. The van der Waals surface area contributed by atoms with Crippen LogP contribution in [0.4, 0.5) is 11.8 Å². The highest BCUT2D eigenvalue weighted by atomic mass is 35.5. The molecule has 1 aliphatic rings. The number of methoxy groups -OCH3 is 1. The predicted octanol–water partition coefficient (Wildman–Crippen LogP) is 2.69. The van der Waals surface area contributed by atoms with E-state index in [4.69, 9.17) is 22.1 Å². The first-order chi connectivity index (χ1) is 11.0. The summed E-state index contributed by atoms with van der Waals surface area (Å²) in [6.07, 6.45) is 3.71. The number of aryl methyl sites for hydroxylation is 1. The lowest BCUT2D eigenvalue weighted by molar-refractivity contribution is 0.406. The van der Waals surface area contributed by atoms with Crippen LogP contribution in [0.5, 0.6) is 5.75 Å². The van der Waals surface area contributed by atoms with Crippen molar-refractivity contribution in [1.29, 1.82) is 0 Å². The number of nitrogens with two attached hydrogens (primary N) is 1. The van der Waals surface area contributed by atoms with E-state index in [0.717, 1.165) is 53.3 Å². The van der Waals surface area contributed by atoms with Crippen LogP contribution in [-0.2, 0) is 13.0 Å². The van der Waals surface area contributed by atoms with Crippen molar-refractivity contribution < 1.29 is 4.74 Å². The number of ether oxygens (including phenoxy) is 1. The lowest BCUT2D eigenvalue weighted by Crippen LogP contribution is -2.31. The fraction of sp³-hybridized carbons (Fsp3) is 0.438. The van der Waals surface area contributed by atoms with Crippen LogP contribution in [0.15, 0.2) is 6.20 Å². The average molecular weight is 334 g/mol. The fourth-order valence-electron chi connectivity index (χ4n) is 3.06. The van der Waals surface area contributed by atoms with Gasteiger partial charge in [-0.25, -0.2) is 4.98 Å². The number of rotatable bonds is 3. The SMILES string of the molecule is COc1c(C)cnc(CN2CCCc3c(Cl)nc(N)nc32)c1C. The summed E-state index contributed by atoms with van der Waals surface area (Å²) < 4.78 is 5.49. The van der Waals surface area contributed by atoms with E-state index in [1.807, 2.05) is 20.0 Å². The van der Waals surface area contributed by atoms with Gasteiger partial charge >= 0.3 is 0 Å². The molecule has 2 aromatic heterocycles. The van der Waals surface area contributed by atoms with Crippen LogP contribution in [0.1, 0.15) is 28.8 Å². The molecular formula is C16H20ClN5O. The smallest absolute Gasteiger partial charge is 0.223 e. The Morgan fingerprint density at radius 3 is 2.87 bits per heavy atom. The van der Waals surface area contributed by atoms with Gasteiger partial charge in [-0.05, 0) is 26.7 Å². The zero-order valence-corrected chi connectivity index (χ0v) is 14.3. The van der Waals surface area contributed by atoms with E-state index in [1.165, 1.54) is 0 Å². The Bertz CT molecular complexity index is 750. The summed E-state index contributed by atoms with van der Waals surface area (Å²) in [5.41, 5.74) is 9.77. The molecule has 1 aliphatic heterocycles. The molecule has 0 saturated carbocycles. The average Bonchev–Trinajstić information content (AvgIpc) is 2.51. The number of hydrogen-bond acceptors (Lipinski definition) is 6. The second kappa shape index (κ2) is 6.20. The molecule has 0 atom stereocenters. The van der Waals surface area contributed by atoms with E-state index >= 15 is 0 Å². The molecule has 0 unspecified atom stereocenters. The quantitative estimate of drug-likeness (QED) is 0.870. The standard InChI is InChI=1S/C16H20ClN5O/c1-9-7-19-12(10(2)13(9)23-3)8-22-6-4-5-11-14(17)20-16(18)21-15(11)22/h7H,4-6,8H2,1-3H3,(H2,18,20,21). The van der Waals surface area contributed by atoms with Gasteiger partial charge in [-0.3, -0.25) is 4.98 Å². The Kier molecular flexibility index (Phi) is 4.26. The van der Waals surface area contributed by atoms with E-state index in [-0.39, 0.29) is 5.95 Å². The van der Waals surface area contributed by atoms with Crippen LogP contribution in [-0.4, -0.2) is 28.6 Å². The second-order valence-electron chi connectivity index (χ2n) is 5.75. The Hall–Kier alpha value is -2.08. The van der Waals surface area contributed by atoms with Crippen molar-refractivity contribution in [3.63, 3.8) is 0 Å². The third kappa shape index (κ3) is 2.91. The highest BCUT2D eigenvalue weighted by Gasteiger charge is 2.24. The maximum Gasteiger partial charge on any atom is 0.223 e. The van der Waals surface area contributed by atoms with Crippen molar-refractivity contribution >= 4 is 23.4 Å². The molecular weight excluding hydrogens is 314 g/mol. The largest absolute Gasteiger partial charge is 0.496 e. The molecule has 23 heavy (non-hydrogen) atoms. The first kappa shape index (κ1) is 15.8. The summed E-state index contributed by atoms with van der Waals surface area (Å²) in [6.45, 7) is 5.55. The number of anilines is 2. The predicted molar refractivity (Wildman–Crippen MR) is 91.1 cm³/mol. The Balaban J connectivity index is 1.97. The van der Waals surface area contributed by atoms with E-state index in [9.17, 15) is 0 Å². The fourth-order valence-corrected chi connectivity index (χ4v) is 3.32. The zero-order valence-electron chi connectivity index (χ0n) is 13.6. The summed E-state index contributed by atoms with van der Waals surface area (Å²) in [5, 5.41) is 0.448. The molecule has 0 radical (unpaired) electrons. The molecule has 2 aromatic rings. The van der Waals surface area contributed by atoms with Gasteiger partial charge in [0, 0.05) is 29.4 Å². The molecule has 3 rings (SSSR count).